The van der Waals surface area contributed by atoms with Crippen molar-refractivity contribution in [1.82, 2.24) is 20.1 Å². The third-order valence-electron chi connectivity index (χ3n) is 3.46. The first-order valence-electron chi connectivity index (χ1n) is 7.81. The van der Waals surface area contributed by atoms with Crippen LogP contribution in [-0.4, -0.2) is 33.1 Å². The highest BCUT2D eigenvalue weighted by atomic mass is 16.2. The standard InChI is InChI=1S/C18H17N5O2/c24-17(18(25)21-15-5-4-10-19-13-15)20-11-8-14-9-12-23(22-14)16-6-2-1-3-7-16/h1-7,9-10,12-13H,8,11H2,(H,20,24)(H,21,25). The summed E-state index contributed by atoms with van der Waals surface area (Å²) < 4.78 is 1.77. The van der Waals surface area contributed by atoms with E-state index >= 15 is 0 Å². The molecule has 3 aromatic rings. The predicted octanol–water partition coefficient (Wildman–Crippen LogP) is 1.56. The predicted molar refractivity (Wildman–Crippen MR) is 93.1 cm³/mol. The van der Waals surface area contributed by atoms with E-state index in [4.69, 9.17) is 0 Å². The molecule has 126 valence electrons. The van der Waals surface area contributed by atoms with Gasteiger partial charge in [0.2, 0.25) is 0 Å². The van der Waals surface area contributed by atoms with Gasteiger partial charge in [0.05, 0.1) is 23.3 Å². The van der Waals surface area contributed by atoms with Crippen molar-refractivity contribution in [3.8, 4) is 5.69 Å². The molecule has 2 amide bonds. The van der Waals surface area contributed by atoms with Crippen molar-refractivity contribution < 1.29 is 9.59 Å². The quantitative estimate of drug-likeness (QED) is 0.693. The first kappa shape index (κ1) is 16.4. The third-order valence-corrected chi connectivity index (χ3v) is 3.46. The van der Waals surface area contributed by atoms with Gasteiger partial charge in [0, 0.05) is 25.4 Å². The zero-order chi connectivity index (χ0) is 17.5. The lowest BCUT2D eigenvalue weighted by Gasteiger charge is -2.05. The Morgan fingerprint density at radius 1 is 1.00 bits per heavy atom. The summed E-state index contributed by atoms with van der Waals surface area (Å²) in [7, 11) is 0. The second kappa shape index (κ2) is 7.87. The molecule has 2 heterocycles. The second-order valence-corrected chi connectivity index (χ2v) is 5.29. The summed E-state index contributed by atoms with van der Waals surface area (Å²) in [5, 5.41) is 9.51. The Hall–Kier alpha value is -3.48. The molecule has 0 saturated carbocycles. The van der Waals surface area contributed by atoms with Gasteiger partial charge in [-0.2, -0.15) is 5.10 Å². The van der Waals surface area contributed by atoms with Crippen LogP contribution in [-0.2, 0) is 16.0 Å². The topological polar surface area (TPSA) is 88.9 Å². The molecule has 1 aromatic carbocycles. The van der Waals surface area contributed by atoms with Crippen LogP contribution in [0.4, 0.5) is 5.69 Å². The molecule has 0 unspecified atom stereocenters. The van der Waals surface area contributed by atoms with Crippen LogP contribution in [0.1, 0.15) is 5.69 Å². The second-order valence-electron chi connectivity index (χ2n) is 5.29. The van der Waals surface area contributed by atoms with Gasteiger partial charge in [-0.1, -0.05) is 18.2 Å². The van der Waals surface area contributed by atoms with E-state index in [-0.39, 0.29) is 0 Å². The van der Waals surface area contributed by atoms with Gasteiger partial charge in [-0.25, -0.2) is 4.68 Å². The molecule has 0 fully saturated rings. The van der Waals surface area contributed by atoms with Gasteiger partial charge in [0.25, 0.3) is 0 Å². The molecule has 0 atom stereocenters. The van der Waals surface area contributed by atoms with E-state index < -0.39 is 11.8 Å². The largest absolute Gasteiger partial charge is 0.347 e. The molecular weight excluding hydrogens is 318 g/mol. The molecular formula is C18H17N5O2. The Kier molecular flexibility index (Phi) is 5.16. The Morgan fingerprint density at radius 2 is 1.84 bits per heavy atom. The Bertz CT molecular complexity index is 846. The number of anilines is 1. The fourth-order valence-electron chi connectivity index (χ4n) is 2.23. The first-order chi connectivity index (χ1) is 12.2. The van der Waals surface area contributed by atoms with E-state index in [1.54, 1.807) is 23.0 Å². The molecule has 0 radical (unpaired) electrons. The van der Waals surface area contributed by atoms with Crippen LogP contribution >= 0.6 is 0 Å². The van der Waals surface area contributed by atoms with Crippen molar-refractivity contribution in [3.63, 3.8) is 0 Å². The summed E-state index contributed by atoms with van der Waals surface area (Å²) in [5.74, 6) is -1.41. The average molecular weight is 335 g/mol. The minimum atomic E-state index is -0.720. The Morgan fingerprint density at radius 3 is 2.60 bits per heavy atom. The number of nitrogens with one attached hydrogen (secondary N) is 2. The van der Waals surface area contributed by atoms with Gasteiger partial charge in [-0.15, -0.1) is 0 Å². The molecule has 0 aliphatic rings. The summed E-state index contributed by atoms with van der Waals surface area (Å²) in [6, 6.07) is 15.0. The number of aromatic nitrogens is 3. The van der Waals surface area contributed by atoms with Crippen LogP contribution in [0, 0.1) is 0 Å². The number of pyridine rings is 1. The molecule has 0 aliphatic heterocycles. The molecule has 7 nitrogen and oxygen atoms in total. The fourth-order valence-corrected chi connectivity index (χ4v) is 2.23. The van der Waals surface area contributed by atoms with E-state index in [1.807, 2.05) is 42.6 Å². The minimum Gasteiger partial charge on any atom is -0.347 e. The van der Waals surface area contributed by atoms with Crippen LogP contribution in [0.2, 0.25) is 0 Å². The van der Waals surface area contributed by atoms with Crippen molar-refractivity contribution >= 4 is 17.5 Å². The van der Waals surface area contributed by atoms with Gasteiger partial charge >= 0.3 is 11.8 Å². The van der Waals surface area contributed by atoms with Crippen molar-refractivity contribution in [3.05, 3.63) is 72.8 Å². The van der Waals surface area contributed by atoms with Gasteiger partial charge in [-0.3, -0.25) is 14.6 Å². The zero-order valence-corrected chi connectivity index (χ0v) is 13.4. The molecule has 0 aliphatic carbocycles. The van der Waals surface area contributed by atoms with Crippen LogP contribution in [0.5, 0.6) is 0 Å². The van der Waals surface area contributed by atoms with Crippen molar-refractivity contribution in [2.75, 3.05) is 11.9 Å². The number of benzene rings is 1. The van der Waals surface area contributed by atoms with E-state index in [9.17, 15) is 9.59 Å². The maximum absolute atomic E-state index is 11.8. The summed E-state index contributed by atoms with van der Waals surface area (Å²) >= 11 is 0. The summed E-state index contributed by atoms with van der Waals surface area (Å²) in [6.45, 7) is 0.325. The van der Waals surface area contributed by atoms with Crippen LogP contribution in [0.3, 0.4) is 0 Å². The van der Waals surface area contributed by atoms with Crippen LogP contribution in [0.25, 0.3) is 5.69 Å². The number of rotatable bonds is 5. The van der Waals surface area contributed by atoms with Crippen molar-refractivity contribution in [1.29, 1.82) is 0 Å². The first-order valence-corrected chi connectivity index (χ1v) is 7.81. The summed E-state index contributed by atoms with van der Waals surface area (Å²) in [5.41, 5.74) is 2.27. The molecule has 2 aromatic heterocycles. The molecule has 3 rings (SSSR count). The van der Waals surface area contributed by atoms with Crippen molar-refractivity contribution in [2.24, 2.45) is 0 Å². The Balaban J connectivity index is 1.47. The molecule has 2 N–H and O–H groups in total. The number of carbonyl (C=O) groups excluding carboxylic acids is 2. The summed E-state index contributed by atoms with van der Waals surface area (Å²) in [4.78, 5) is 27.4. The summed E-state index contributed by atoms with van der Waals surface area (Å²) in [6.07, 6.45) is 5.46. The normalized spacial score (nSPS) is 10.2. The van der Waals surface area contributed by atoms with Gasteiger partial charge in [0.15, 0.2) is 0 Å². The number of amides is 2. The number of hydrogen-bond acceptors (Lipinski definition) is 4. The zero-order valence-electron chi connectivity index (χ0n) is 13.4. The number of hydrogen-bond donors (Lipinski definition) is 2. The lowest BCUT2D eigenvalue weighted by atomic mass is 10.3. The molecule has 25 heavy (non-hydrogen) atoms. The van der Waals surface area contributed by atoms with E-state index in [2.05, 4.69) is 20.7 Å². The fraction of sp³-hybridized carbons (Fsp3) is 0.111. The van der Waals surface area contributed by atoms with Gasteiger partial charge in [0.1, 0.15) is 0 Å². The highest BCUT2D eigenvalue weighted by Crippen LogP contribution is 2.07. The average Bonchev–Trinajstić information content (AvgIpc) is 3.12. The van der Waals surface area contributed by atoms with Gasteiger partial charge < -0.3 is 10.6 Å². The molecule has 0 spiro atoms. The number of nitrogens with zero attached hydrogens (tertiary/aromatic N) is 3. The van der Waals surface area contributed by atoms with Gasteiger partial charge in [-0.05, 0) is 30.3 Å². The van der Waals surface area contributed by atoms with Crippen molar-refractivity contribution in [2.45, 2.75) is 6.42 Å². The minimum absolute atomic E-state index is 0.325. The smallest absolute Gasteiger partial charge is 0.313 e. The number of para-hydroxylation sites is 1. The Labute approximate surface area is 144 Å². The van der Waals surface area contributed by atoms with Crippen LogP contribution in [0.15, 0.2) is 67.1 Å². The van der Waals surface area contributed by atoms with Crippen LogP contribution < -0.4 is 10.6 Å². The monoisotopic (exact) mass is 335 g/mol. The molecule has 0 saturated heterocycles. The maximum atomic E-state index is 11.8. The SMILES string of the molecule is O=C(NCCc1ccn(-c2ccccc2)n1)C(=O)Nc1cccnc1. The molecule has 7 heteroatoms. The van der Waals surface area contributed by atoms with E-state index in [0.717, 1.165) is 11.4 Å². The van der Waals surface area contributed by atoms with E-state index in [0.29, 0.717) is 18.7 Å². The highest BCUT2D eigenvalue weighted by Gasteiger charge is 2.13. The number of carbonyl (C=O) groups is 2. The lowest BCUT2D eigenvalue weighted by Crippen LogP contribution is -2.36. The maximum Gasteiger partial charge on any atom is 0.313 e. The van der Waals surface area contributed by atoms with E-state index in [1.165, 1.54) is 6.20 Å². The third kappa shape index (κ3) is 4.51. The highest BCUT2D eigenvalue weighted by molar-refractivity contribution is 6.39. The lowest BCUT2D eigenvalue weighted by molar-refractivity contribution is -0.136. The molecule has 0 bridgehead atoms.